The highest BCUT2D eigenvalue weighted by Gasteiger charge is 2.33. The molecule has 1 aromatic carbocycles. The van der Waals surface area contributed by atoms with Crippen molar-refractivity contribution in [2.24, 2.45) is 0 Å². The number of rotatable bonds is 3. The van der Waals surface area contributed by atoms with Gasteiger partial charge in [-0.05, 0) is 36.9 Å². The van der Waals surface area contributed by atoms with Crippen LogP contribution in [0.5, 0.6) is 0 Å². The quantitative estimate of drug-likeness (QED) is 0.917. The number of halogens is 1. The first kappa shape index (κ1) is 15.7. The molecule has 0 saturated heterocycles. The summed E-state index contributed by atoms with van der Waals surface area (Å²) >= 11 is 7.17. The number of Topliss-reactive ketones (excluding diaryl/α,β-unsaturated/α-hetero) is 2. The maximum atomic E-state index is 12.7. The summed E-state index contributed by atoms with van der Waals surface area (Å²) in [5.74, 6) is -0.567. The third-order valence-corrected chi connectivity index (χ3v) is 4.52. The Balaban J connectivity index is 2.09. The van der Waals surface area contributed by atoms with Crippen LogP contribution in [0.4, 0.5) is 5.69 Å². The molecule has 5 nitrogen and oxygen atoms in total. The molecule has 0 fully saturated rings. The topological polar surface area (TPSA) is 72.0 Å². The van der Waals surface area contributed by atoms with Gasteiger partial charge < -0.3 is 5.32 Å². The van der Waals surface area contributed by atoms with Crippen molar-refractivity contribution in [3.05, 3.63) is 63.2 Å². The van der Waals surface area contributed by atoms with Crippen LogP contribution >= 0.6 is 23.4 Å². The van der Waals surface area contributed by atoms with Gasteiger partial charge in [-0.3, -0.25) is 9.59 Å². The van der Waals surface area contributed by atoms with Crippen LogP contribution in [0.2, 0.25) is 5.02 Å². The fourth-order valence-corrected chi connectivity index (χ4v) is 3.20. The molecule has 0 spiro atoms. The minimum atomic E-state index is -0.293. The predicted molar refractivity (Wildman–Crippen MR) is 91.0 cm³/mol. The van der Waals surface area contributed by atoms with Crippen molar-refractivity contribution >= 4 is 40.6 Å². The Morgan fingerprint density at radius 2 is 2.00 bits per heavy atom. The zero-order chi connectivity index (χ0) is 16.6. The molecule has 0 aliphatic heterocycles. The van der Waals surface area contributed by atoms with E-state index in [1.807, 2.05) is 6.92 Å². The van der Waals surface area contributed by atoms with Crippen LogP contribution in [0.25, 0.3) is 0 Å². The molecule has 1 N–H and O–H groups in total. The molecule has 1 aliphatic rings. The zero-order valence-corrected chi connectivity index (χ0v) is 14.0. The Morgan fingerprint density at radius 1 is 1.22 bits per heavy atom. The van der Waals surface area contributed by atoms with E-state index in [9.17, 15) is 9.59 Å². The number of carbonyl (C=O) groups excluding carboxylic acids is 2. The molecule has 0 saturated carbocycles. The molecule has 0 radical (unpaired) electrons. The van der Waals surface area contributed by atoms with Gasteiger partial charge in [-0.25, -0.2) is 9.97 Å². The van der Waals surface area contributed by atoms with Gasteiger partial charge in [0, 0.05) is 16.9 Å². The highest BCUT2D eigenvalue weighted by Crippen LogP contribution is 2.32. The molecule has 1 heterocycles. The van der Waals surface area contributed by atoms with E-state index >= 15 is 0 Å². The van der Waals surface area contributed by atoms with E-state index in [0.29, 0.717) is 9.93 Å². The fourth-order valence-electron chi connectivity index (χ4n) is 2.35. The van der Waals surface area contributed by atoms with Gasteiger partial charge in [0.1, 0.15) is 17.7 Å². The monoisotopic (exact) mass is 345 g/mol. The standard InChI is InChI=1S/C16H12ClN3O2S/c1-8-5-9(17)3-4-11(8)20-13-14(21)10-6-18-7-19-12(10)15(22)16(13)23-2/h3-7,20H,1-2H3. The van der Waals surface area contributed by atoms with Gasteiger partial charge in [-0.15, -0.1) is 11.8 Å². The van der Waals surface area contributed by atoms with Gasteiger partial charge in [-0.1, -0.05) is 11.6 Å². The number of aryl methyl sites for hydroxylation is 1. The molecule has 0 amide bonds. The lowest BCUT2D eigenvalue weighted by Gasteiger charge is -2.20. The number of carbonyl (C=O) groups is 2. The Labute approximate surface area is 142 Å². The molecule has 3 rings (SSSR count). The molecular weight excluding hydrogens is 334 g/mol. The predicted octanol–water partition coefficient (Wildman–Crippen LogP) is 3.50. The Bertz CT molecular complexity index is 864. The van der Waals surface area contributed by atoms with Crippen molar-refractivity contribution in [2.45, 2.75) is 6.92 Å². The number of hydrogen-bond acceptors (Lipinski definition) is 6. The second-order valence-corrected chi connectivity index (χ2v) is 6.19. The molecule has 7 heteroatoms. The summed E-state index contributed by atoms with van der Waals surface area (Å²) < 4.78 is 0. The van der Waals surface area contributed by atoms with E-state index in [-0.39, 0.29) is 28.5 Å². The summed E-state index contributed by atoms with van der Waals surface area (Å²) in [6.07, 6.45) is 4.39. The van der Waals surface area contributed by atoms with Crippen LogP contribution in [0.15, 0.2) is 41.3 Å². The van der Waals surface area contributed by atoms with Gasteiger partial charge >= 0.3 is 0 Å². The van der Waals surface area contributed by atoms with Crippen molar-refractivity contribution in [1.82, 2.24) is 9.97 Å². The van der Waals surface area contributed by atoms with Crippen LogP contribution in [0.3, 0.4) is 0 Å². The third kappa shape index (κ3) is 2.75. The summed E-state index contributed by atoms with van der Waals surface area (Å²) in [7, 11) is 0. The normalized spacial score (nSPS) is 14.0. The van der Waals surface area contributed by atoms with Crippen LogP contribution < -0.4 is 5.32 Å². The van der Waals surface area contributed by atoms with E-state index in [1.165, 1.54) is 24.3 Å². The van der Waals surface area contributed by atoms with Gasteiger partial charge in [0.2, 0.25) is 11.6 Å². The third-order valence-electron chi connectivity index (χ3n) is 3.48. The number of hydrogen-bond donors (Lipinski definition) is 1. The van der Waals surface area contributed by atoms with Gasteiger partial charge in [-0.2, -0.15) is 0 Å². The largest absolute Gasteiger partial charge is 0.351 e. The number of fused-ring (bicyclic) bond motifs is 1. The van der Waals surface area contributed by atoms with E-state index in [4.69, 9.17) is 11.6 Å². The lowest BCUT2D eigenvalue weighted by atomic mass is 9.98. The van der Waals surface area contributed by atoms with Gasteiger partial charge in [0.15, 0.2) is 0 Å². The van der Waals surface area contributed by atoms with E-state index < -0.39 is 0 Å². The van der Waals surface area contributed by atoms with E-state index in [0.717, 1.165) is 11.3 Å². The smallest absolute Gasteiger partial charge is 0.220 e. The van der Waals surface area contributed by atoms with Crippen molar-refractivity contribution in [1.29, 1.82) is 0 Å². The lowest BCUT2D eigenvalue weighted by Crippen LogP contribution is -2.26. The van der Waals surface area contributed by atoms with Gasteiger partial charge in [0.05, 0.1) is 10.5 Å². The summed E-state index contributed by atoms with van der Waals surface area (Å²) in [6.45, 7) is 1.87. The average molecular weight is 346 g/mol. The first-order valence-corrected chi connectivity index (χ1v) is 8.34. The molecule has 116 valence electrons. The first-order chi connectivity index (χ1) is 11.0. The Kier molecular flexibility index (Phi) is 4.19. The van der Waals surface area contributed by atoms with Crippen LogP contribution in [0.1, 0.15) is 26.4 Å². The van der Waals surface area contributed by atoms with Crippen molar-refractivity contribution in [3.8, 4) is 0 Å². The Morgan fingerprint density at radius 3 is 2.70 bits per heavy atom. The van der Waals surface area contributed by atoms with Crippen LogP contribution in [-0.4, -0.2) is 27.8 Å². The molecule has 0 bridgehead atoms. The maximum Gasteiger partial charge on any atom is 0.220 e. The van der Waals surface area contributed by atoms with E-state index in [1.54, 1.807) is 24.5 Å². The first-order valence-electron chi connectivity index (χ1n) is 6.73. The van der Waals surface area contributed by atoms with Crippen LogP contribution in [-0.2, 0) is 0 Å². The van der Waals surface area contributed by atoms with Crippen molar-refractivity contribution in [2.75, 3.05) is 11.6 Å². The molecule has 2 aromatic rings. The summed E-state index contributed by atoms with van der Waals surface area (Å²) in [6, 6.07) is 5.29. The second-order valence-electron chi connectivity index (χ2n) is 4.94. The molecule has 23 heavy (non-hydrogen) atoms. The molecule has 1 aliphatic carbocycles. The maximum absolute atomic E-state index is 12.7. The minimum Gasteiger partial charge on any atom is -0.351 e. The summed E-state index contributed by atoms with van der Waals surface area (Å²) in [5.41, 5.74) is 2.20. The van der Waals surface area contributed by atoms with Crippen molar-refractivity contribution in [3.63, 3.8) is 0 Å². The Hall–Kier alpha value is -2.18. The number of anilines is 1. The second kappa shape index (κ2) is 6.14. The van der Waals surface area contributed by atoms with Gasteiger partial charge in [0.25, 0.3) is 0 Å². The highest BCUT2D eigenvalue weighted by molar-refractivity contribution is 8.03. The molecule has 0 unspecified atom stereocenters. The fraction of sp³-hybridized carbons (Fsp3) is 0.125. The average Bonchev–Trinajstić information content (AvgIpc) is 2.55. The lowest BCUT2D eigenvalue weighted by molar-refractivity contribution is 0.0978. The summed E-state index contributed by atoms with van der Waals surface area (Å²) in [5, 5.41) is 3.68. The number of nitrogens with one attached hydrogen (secondary N) is 1. The minimum absolute atomic E-state index is 0.146. The number of aromatic nitrogens is 2. The molecule has 0 atom stereocenters. The number of ketones is 2. The number of thioether (sulfide) groups is 1. The zero-order valence-electron chi connectivity index (χ0n) is 12.4. The molecule has 1 aromatic heterocycles. The number of nitrogens with zero attached hydrogens (tertiary/aromatic N) is 2. The number of allylic oxidation sites excluding steroid dienone is 2. The molecular formula is C16H12ClN3O2S. The van der Waals surface area contributed by atoms with Crippen LogP contribution in [0, 0.1) is 6.92 Å². The number of benzene rings is 1. The SMILES string of the molecule is CSC1=C(Nc2ccc(Cl)cc2C)C(=O)c2cncnc2C1=O. The van der Waals surface area contributed by atoms with E-state index in [2.05, 4.69) is 15.3 Å². The highest BCUT2D eigenvalue weighted by atomic mass is 35.5. The summed E-state index contributed by atoms with van der Waals surface area (Å²) in [4.78, 5) is 33.4. The van der Waals surface area contributed by atoms with Crippen molar-refractivity contribution < 1.29 is 9.59 Å².